The molecule has 0 aromatic heterocycles. The average molecular weight is 212 g/mol. The van der Waals surface area contributed by atoms with Gasteiger partial charge in [-0.15, -0.1) is 0 Å². The van der Waals surface area contributed by atoms with Crippen LogP contribution in [0.2, 0.25) is 0 Å². The van der Waals surface area contributed by atoms with Gasteiger partial charge in [0.2, 0.25) is 0 Å². The number of hydrogen-bond donors (Lipinski definition) is 1. The molecular formula is C12H20O3. The highest BCUT2D eigenvalue weighted by molar-refractivity contribution is 5.12. The molecule has 3 heteroatoms. The Labute approximate surface area is 91.1 Å². The summed E-state index contributed by atoms with van der Waals surface area (Å²) >= 11 is 0. The summed E-state index contributed by atoms with van der Waals surface area (Å²) in [6.07, 6.45) is 4.30. The summed E-state index contributed by atoms with van der Waals surface area (Å²) in [5.74, 6) is 0.565. The van der Waals surface area contributed by atoms with Crippen molar-refractivity contribution in [2.45, 2.75) is 25.6 Å². The van der Waals surface area contributed by atoms with E-state index in [1.165, 1.54) is 0 Å². The van der Waals surface area contributed by atoms with Gasteiger partial charge in [-0.2, -0.15) is 0 Å². The number of hydrogen-bond acceptors (Lipinski definition) is 3. The zero-order valence-corrected chi connectivity index (χ0v) is 9.64. The number of ether oxygens (including phenoxy) is 2. The first-order valence-corrected chi connectivity index (χ1v) is 5.61. The van der Waals surface area contributed by atoms with E-state index in [-0.39, 0.29) is 17.9 Å². The van der Waals surface area contributed by atoms with Crippen LogP contribution in [0.1, 0.15) is 13.8 Å². The zero-order valence-electron chi connectivity index (χ0n) is 9.64. The molecule has 0 aromatic carbocycles. The van der Waals surface area contributed by atoms with Gasteiger partial charge in [0.1, 0.15) is 5.60 Å². The Balaban J connectivity index is 2.31. The van der Waals surface area contributed by atoms with Crippen molar-refractivity contribution in [3.8, 4) is 0 Å². The Morgan fingerprint density at radius 1 is 1.40 bits per heavy atom. The molecule has 1 N–H and O–H groups in total. The van der Waals surface area contributed by atoms with Gasteiger partial charge in [0, 0.05) is 24.9 Å². The van der Waals surface area contributed by atoms with E-state index in [0.29, 0.717) is 19.1 Å². The van der Waals surface area contributed by atoms with Crippen molar-refractivity contribution in [1.29, 1.82) is 0 Å². The Bertz CT molecular complexity index is 264. The maximum atomic E-state index is 10.6. The molecular weight excluding hydrogens is 192 g/mol. The number of fused-ring (bicyclic) bond motifs is 1. The lowest BCUT2D eigenvalue weighted by molar-refractivity contribution is -0.0958. The first kappa shape index (κ1) is 11.1. The van der Waals surface area contributed by atoms with Gasteiger partial charge >= 0.3 is 0 Å². The van der Waals surface area contributed by atoms with Crippen LogP contribution in [0.5, 0.6) is 0 Å². The highest BCUT2D eigenvalue weighted by Crippen LogP contribution is 2.40. The molecule has 5 atom stereocenters. The third-order valence-corrected chi connectivity index (χ3v) is 3.99. The Hall–Kier alpha value is -0.380. The van der Waals surface area contributed by atoms with E-state index in [4.69, 9.17) is 9.47 Å². The Morgan fingerprint density at radius 3 is 2.80 bits per heavy atom. The third kappa shape index (κ3) is 1.63. The molecule has 0 unspecified atom stereocenters. The van der Waals surface area contributed by atoms with Gasteiger partial charge < -0.3 is 14.6 Å². The first-order valence-electron chi connectivity index (χ1n) is 5.61. The third-order valence-electron chi connectivity index (χ3n) is 3.99. The molecule has 86 valence electrons. The van der Waals surface area contributed by atoms with Crippen LogP contribution in [0.4, 0.5) is 0 Å². The number of aliphatic hydroxyl groups is 1. The van der Waals surface area contributed by atoms with Crippen molar-refractivity contribution in [1.82, 2.24) is 0 Å². The van der Waals surface area contributed by atoms with Crippen LogP contribution in [-0.4, -0.2) is 37.1 Å². The number of methoxy groups -OCH3 is 1. The molecule has 0 amide bonds. The summed E-state index contributed by atoms with van der Waals surface area (Å²) in [5, 5.41) is 10.6. The topological polar surface area (TPSA) is 38.7 Å². The van der Waals surface area contributed by atoms with Crippen molar-refractivity contribution >= 4 is 0 Å². The average Bonchev–Trinajstić information content (AvgIpc) is 2.55. The molecule has 0 radical (unpaired) electrons. The molecule has 1 saturated heterocycles. The van der Waals surface area contributed by atoms with Crippen LogP contribution < -0.4 is 0 Å². The second kappa shape index (κ2) is 3.89. The van der Waals surface area contributed by atoms with E-state index in [9.17, 15) is 5.11 Å². The minimum atomic E-state index is -0.748. The van der Waals surface area contributed by atoms with Gasteiger partial charge in [-0.3, -0.25) is 0 Å². The molecule has 1 aliphatic heterocycles. The van der Waals surface area contributed by atoms with Crippen LogP contribution in [0.3, 0.4) is 0 Å². The van der Waals surface area contributed by atoms with Gasteiger partial charge in [0.25, 0.3) is 0 Å². The second-order valence-corrected chi connectivity index (χ2v) is 4.85. The molecule has 3 nitrogen and oxygen atoms in total. The van der Waals surface area contributed by atoms with Gasteiger partial charge in [-0.1, -0.05) is 26.0 Å². The fourth-order valence-electron chi connectivity index (χ4n) is 2.87. The van der Waals surface area contributed by atoms with Crippen LogP contribution in [0.15, 0.2) is 12.2 Å². The largest absolute Gasteiger partial charge is 0.386 e. The first-order chi connectivity index (χ1) is 7.09. The van der Waals surface area contributed by atoms with Crippen LogP contribution in [-0.2, 0) is 9.47 Å². The molecule has 1 aliphatic carbocycles. The van der Waals surface area contributed by atoms with E-state index >= 15 is 0 Å². The SMILES string of the molecule is CO[C@@H]1[C@H](C)C=C[C@H]2COC[C@]2(O)[C@@H]1C. The zero-order chi connectivity index (χ0) is 11.1. The molecule has 0 saturated carbocycles. The normalized spacial score (nSPS) is 50.1. The summed E-state index contributed by atoms with van der Waals surface area (Å²) in [4.78, 5) is 0. The fraction of sp³-hybridized carbons (Fsp3) is 0.833. The van der Waals surface area contributed by atoms with Crippen molar-refractivity contribution in [2.24, 2.45) is 17.8 Å². The monoisotopic (exact) mass is 212 g/mol. The van der Waals surface area contributed by atoms with Crippen molar-refractivity contribution in [3.63, 3.8) is 0 Å². The molecule has 0 aromatic rings. The highest BCUT2D eigenvalue weighted by Gasteiger charge is 2.50. The van der Waals surface area contributed by atoms with Crippen molar-refractivity contribution in [2.75, 3.05) is 20.3 Å². The standard InChI is InChI=1S/C12H20O3/c1-8-4-5-10-6-15-7-12(10,13)9(2)11(8)14-3/h4-5,8-11,13H,6-7H2,1-3H3/t8-,9-,10+,11-,12+/m1/s1. The van der Waals surface area contributed by atoms with E-state index in [1.807, 2.05) is 0 Å². The molecule has 0 spiro atoms. The maximum Gasteiger partial charge on any atom is 0.101 e. The molecule has 15 heavy (non-hydrogen) atoms. The molecule has 1 heterocycles. The molecule has 1 fully saturated rings. The second-order valence-electron chi connectivity index (χ2n) is 4.85. The molecule has 2 rings (SSSR count). The lowest BCUT2D eigenvalue weighted by atomic mass is 9.77. The van der Waals surface area contributed by atoms with Gasteiger partial charge in [0.05, 0.1) is 19.3 Å². The predicted octanol–water partition coefficient (Wildman–Crippen LogP) is 1.22. The van der Waals surface area contributed by atoms with Crippen LogP contribution in [0, 0.1) is 17.8 Å². The van der Waals surface area contributed by atoms with Crippen LogP contribution >= 0.6 is 0 Å². The quantitative estimate of drug-likeness (QED) is 0.664. The minimum Gasteiger partial charge on any atom is -0.386 e. The predicted molar refractivity (Wildman–Crippen MR) is 57.5 cm³/mol. The van der Waals surface area contributed by atoms with E-state index in [2.05, 4.69) is 26.0 Å². The summed E-state index contributed by atoms with van der Waals surface area (Å²) in [5.41, 5.74) is -0.748. The summed E-state index contributed by atoms with van der Waals surface area (Å²) in [7, 11) is 1.71. The van der Waals surface area contributed by atoms with E-state index < -0.39 is 5.60 Å². The highest BCUT2D eigenvalue weighted by atomic mass is 16.5. The maximum absolute atomic E-state index is 10.6. The Kier molecular flexibility index (Phi) is 2.88. The van der Waals surface area contributed by atoms with Gasteiger partial charge in [-0.05, 0) is 0 Å². The summed E-state index contributed by atoms with van der Waals surface area (Å²) < 4.78 is 10.9. The van der Waals surface area contributed by atoms with E-state index in [0.717, 1.165) is 0 Å². The fourth-order valence-corrected chi connectivity index (χ4v) is 2.87. The van der Waals surface area contributed by atoms with Crippen LogP contribution in [0.25, 0.3) is 0 Å². The summed E-state index contributed by atoms with van der Waals surface area (Å²) in [6, 6.07) is 0. The Morgan fingerprint density at radius 2 is 2.13 bits per heavy atom. The van der Waals surface area contributed by atoms with Crippen molar-refractivity contribution < 1.29 is 14.6 Å². The smallest absolute Gasteiger partial charge is 0.101 e. The lowest BCUT2D eigenvalue weighted by Gasteiger charge is -2.36. The lowest BCUT2D eigenvalue weighted by Crippen LogP contribution is -2.48. The molecule has 2 aliphatic rings. The minimum absolute atomic E-state index is 0.0675. The van der Waals surface area contributed by atoms with E-state index in [1.54, 1.807) is 7.11 Å². The van der Waals surface area contributed by atoms with Crippen molar-refractivity contribution in [3.05, 3.63) is 12.2 Å². The van der Waals surface area contributed by atoms with Gasteiger partial charge in [0.15, 0.2) is 0 Å². The summed E-state index contributed by atoms with van der Waals surface area (Å²) in [6.45, 7) is 5.24. The molecule has 0 bridgehead atoms. The van der Waals surface area contributed by atoms with Gasteiger partial charge in [-0.25, -0.2) is 0 Å². The number of rotatable bonds is 1.